The number of rotatable bonds is 7. The molecule has 1 amide bonds. The SMILES string of the molecule is CN(C)CCOc1cccc(CNC(=O)C2CCCCC2(C)N)c1.Cl.Cl. The molecule has 5 nitrogen and oxygen atoms in total. The summed E-state index contributed by atoms with van der Waals surface area (Å²) in [5.74, 6) is 0.814. The molecule has 150 valence electrons. The van der Waals surface area contributed by atoms with E-state index in [9.17, 15) is 4.79 Å². The Hall–Kier alpha value is -1.01. The Balaban J connectivity index is 0.00000312. The number of benzene rings is 1. The van der Waals surface area contributed by atoms with Crippen LogP contribution in [0.15, 0.2) is 24.3 Å². The summed E-state index contributed by atoms with van der Waals surface area (Å²) in [6.45, 7) is 4.03. The third-order valence-corrected chi connectivity index (χ3v) is 4.74. The number of nitrogens with one attached hydrogen (secondary N) is 1. The molecular formula is C19H33Cl2N3O2. The van der Waals surface area contributed by atoms with Crippen LogP contribution >= 0.6 is 24.8 Å². The summed E-state index contributed by atoms with van der Waals surface area (Å²) < 4.78 is 5.74. The van der Waals surface area contributed by atoms with Crippen LogP contribution in [-0.2, 0) is 11.3 Å². The lowest BCUT2D eigenvalue weighted by Gasteiger charge is -2.37. The van der Waals surface area contributed by atoms with Crippen molar-refractivity contribution in [2.24, 2.45) is 11.7 Å². The van der Waals surface area contributed by atoms with E-state index in [-0.39, 0.29) is 42.2 Å². The first kappa shape index (κ1) is 25.0. The van der Waals surface area contributed by atoms with Crippen LogP contribution < -0.4 is 15.8 Å². The number of hydrogen-bond acceptors (Lipinski definition) is 4. The molecule has 1 saturated carbocycles. The number of likely N-dealkylation sites (N-methyl/N-ethyl adjacent to an activating group) is 1. The molecule has 0 bridgehead atoms. The molecule has 1 aromatic carbocycles. The summed E-state index contributed by atoms with van der Waals surface area (Å²) in [6, 6.07) is 7.89. The minimum Gasteiger partial charge on any atom is -0.492 e. The molecule has 0 saturated heterocycles. The molecule has 2 rings (SSSR count). The fourth-order valence-electron chi connectivity index (χ4n) is 3.19. The molecule has 26 heavy (non-hydrogen) atoms. The first-order valence-corrected chi connectivity index (χ1v) is 8.81. The second kappa shape index (κ2) is 11.7. The van der Waals surface area contributed by atoms with Crippen molar-refractivity contribution in [3.8, 4) is 5.75 Å². The third kappa shape index (κ3) is 7.70. The van der Waals surface area contributed by atoms with Gasteiger partial charge in [0.2, 0.25) is 5.91 Å². The van der Waals surface area contributed by atoms with Crippen LogP contribution in [0, 0.1) is 5.92 Å². The predicted molar refractivity (Wildman–Crippen MR) is 111 cm³/mol. The summed E-state index contributed by atoms with van der Waals surface area (Å²) in [5, 5.41) is 3.04. The van der Waals surface area contributed by atoms with Gasteiger partial charge in [0.15, 0.2) is 0 Å². The fourth-order valence-corrected chi connectivity index (χ4v) is 3.19. The predicted octanol–water partition coefficient (Wildman–Crippen LogP) is 2.99. The lowest BCUT2D eigenvalue weighted by atomic mass is 9.74. The molecule has 0 radical (unpaired) electrons. The van der Waals surface area contributed by atoms with Crippen molar-refractivity contribution in [3.05, 3.63) is 29.8 Å². The van der Waals surface area contributed by atoms with Gasteiger partial charge in [0.05, 0.1) is 5.92 Å². The van der Waals surface area contributed by atoms with Crippen molar-refractivity contribution in [2.45, 2.75) is 44.7 Å². The van der Waals surface area contributed by atoms with Crippen molar-refractivity contribution in [1.29, 1.82) is 0 Å². The van der Waals surface area contributed by atoms with Gasteiger partial charge in [0.1, 0.15) is 12.4 Å². The molecule has 0 aliphatic heterocycles. The fraction of sp³-hybridized carbons (Fsp3) is 0.632. The van der Waals surface area contributed by atoms with E-state index >= 15 is 0 Å². The summed E-state index contributed by atoms with van der Waals surface area (Å²) >= 11 is 0. The maximum atomic E-state index is 12.5. The molecule has 0 spiro atoms. The third-order valence-electron chi connectivity index (χ3n) is 4.74. The first-order valence-electron chi connectivity index (χ1n) is 8.81. The summed E-state index contributed by atoms with van der Waals surface area (Å²) in [4.78, 5) is 14.6. The monoisotopic (exact) mass is 405 g/mol. The zero-order valence-electron chi connectivity index (χ0n) is 16.0. The van der Waals surface area contributed by atoms with Crippen LogP contribution in [0.3, 0.4) is 0 Å². The molecule has 1 aliphatic rings. The van der Waals surface area contributed by atoms with Crippen molar-refractivity contribution in [1.82, 2.24) is 10.2 Å². The number of carbonyl (C=O) groups is 1. The van der Waals surface area contributed by atoms with Crippen molar-refractivity contribution in [3.63, 3.8) is 0 Å². The molecule has 2 unspecified atom stereocenters. The molecule has 0 aromatic heterocycles. The van der Waals surface area contributed by atoms with Crippen LogP contribution in [0.5, 0.6) is 5.75 Å². The van der Waals surface area contributed by atoms with E-state index in [1.807, 2.05) is 45.3 Å². The number of carbonyl (C=O) groups excluding carboxylic acids is 1. The molecular weight excluding hydrogens is 373 g/mol. The van der Waals surface area contributed by atoms with Gasteiger partial charge in [0.25, 0.3) is 0 Å². The smallest absolute Gasteiger partial charge is 0.225 e. The Kier molecular flexibility index (Phi) is 11.2. The zero-order valence-corrected chi connectivity index (χ0v) is 17.6. The van der Waals surface area contributed by atoms with E-state index in [1.54, 1.807) is 0 Å². The van der Waals surface area contributed by atoms with Gasteiger partial charge in [-0.1, -0.05) is 25.0 Å². The molecule has 1 fully saturated rings. The Morgan fingerprint density at radius 2 is 2.08 bits per heavy atom. The second-order valence-corrected chi connectivity index (χ2v) is 7.32. The zero-order chi connectivity index (χ0) is 17.6. The summed E-state index contributed by atoms with van der Waals surface area (Å²) in [6.07, 6.45) is 4.00. The maximum Gasteiger partial charge on any atom is 0.225 e. The van der Waals surface area contributed by atoms with Gasteiger partial charge < -0.3 is 20.7 Å². The van der Waals surface area contributed by atoms with Gasteiger partial charge in [-0.05, 0) is 51.6 Å². The van der Waals surface area contributed by atoms with E-state index in [0.717, 1.165) is 43.5 Å². The van der Waals surface area contributed by atoms with Crippen molar-refractivity contribution >= 4 is 30.7 Å². The van der Waals surface area contributed by atoms with Gasteiger partial charge in [0, 0.05) is 18.6 Å². The van der Waals surface area contributed by atoms with Gasteiger partial charge >= 0.3 is 0 Å². The van der Waals surface area contributed by atoms with Crippen LogP contribution in [0.25, 0.3) is 0 Å². The largest absolute Gasteiger partial charge is 0.492 e. The van der Waals surface area contributed by atoms with Crippen LogP contribution in [0.4, 0.5) is 0 Å². The second-order valence-electron chi connectivity index (χ2n) is 7.32. The van der Waals surface area contributed by atoms with E-state index in [4.69, 9.17) is 10.5 Å². The van der Waals surface area contributed by atoms with Gasteiger partial charge in [-0.25, -0.2) is 0 Å². The van der Waals surface area contributed by atoms with E-state index in [2.05, 4.69) is 10.2 Å². The Morgan fingerprint density at radius 3 is 2.73 bits per heavy atom. The van der Waals surface area contributed by atoms with Gasteiger partial charge in [-0.15, -0.1) is 24.8 Å². The molecule has 1 aliphatic carbocycles. The quantitative estimate of drug-likeness (QED) is 0.731. The number of nitrogens with zero attached hydrogens (tertiary/aromatic N) is 1. The Labute approximate surface area is 169 Å². The highest BCUT2D eigenvalue weighted by Crippen LogP contribution is 2.31. The number of halogens is 2. The highest BCUT2D eigenvalue weighted by Gasteiger charge is 2.37. The molecule has 7 heteroatoms. The van der Waals surface area contributed by atoms with Gasteiger partial charge in [-0.2, -0.15) is 0 Å². The van der Waals surface area contributed by atoms with Crippen LogP contribution in [0.2, 0.25) is 0 Å². The van der Waals surface area contributed by atoms with Crippen molar-refractivity contribution in [2.75, 3.05) is 27.2 Å². The Bertz CT molecular complexity index is 553. The molecule has 3 N–H and O–H groups in total. The number of hydrogen-bond donors (Lipinski definition) is 2. The van der Waals surface area contributed by atoms with E-state index < -0.39 is 0 Å². The normalized spacial score (nSPS) is 22.1. The summed E-state index contributed by atoms with van der Waals surface area (Å²) in [5.41, 5.74) is 6.96. The standard InChI is InChI=1S/C19H31N3O2.2ClH/c1-19(20)10-5-4-9-17(19)18(23)21-14-15-7-6-8-16(13-15)24-12-11-22(2)3;;/h6-8,13,17H,4-5,9-12,14,20H2,1-3H3,(H,21,23);2*1H. The maximum absolute atomic E-state index is 12.5. The number of amides is 1. The van der Waals surface area contributed by atoms with E-state index in [0.29, 0.717) is 13.2 Å². The Morgan fingerprint density at radius 1 is 1.35 bits per heavy atom. The first-order chi connectivity index (χ1) is 11.4. The minimum atomic E-state index is -0.389. The van der Waals surface area contributed by atoms with Crippen molar-refractivity contribution < 1.29 is 9.53 Å². The highest BCUT2D eigenvalue weighted by atomic mass is 35.5. The number of ether oxygens (including phenoxy) is 1. The molecule has 2 atom stereocenters. The molecule has 1 aromatic rings. The lowest BCUT2D eigenvalue weighted by Crippen LogP contribution is -2.52. The summed E-state index contributed by atoms with van der Waals surface area (Å²) in [7, 11) is 4.04. The van der Waals surface area contributed by atoms with E-state index in [1.165, 1.54) is 0 Å². The average Bonchev–Trinajstić information content (AvgIpc) is 2.52. The lowest BCUT2D eigenvalue weighted by molar-refractivity contribution is -0.128. The molecule has 0 heterocycles. The number of nitrogens with two attached hydrogens (primary N) is 1. The topological polar surface area (TPSA) is 67.6 Å². The van der Waals surface area contributed by atoms with Gasteiger partial charge in [-0.3, -0.25) is 4.79 Å². The van der Waals surface area contributed by atoms with Crippen LogP contribution in [0.1, 0.15) is 38.2 Å². The minimum absolute atomic E-state index is 0. The van der Waals surface area contributed by atoms with Crippen LogP contribution in [-0.4, -0.2) is 43.6 Å². The highest BCUT2D eigenvalue weighted by molar-refractivity contribution is 5.85. The average molecular weight is 406 g/mol.